The minimum atomic E-state index is 0.0665. The predicted molar refractivity (Wildman–Crippen MR) is 47.8 cm³/mol. The van der Waals surface area contributed by atoms with E-state index in [1.165, 1.54) is 0 Å². The fourth-order valence-electron chi connectivity index (χ4n) is 1.33. The fraction of sp³-hybridized carbons (Fsp3) is 0.571. The molecular weight excluding hydrogens is 222 g/mol. The largest absolute Gasteiger partial charge is 0.377 e. The molecule has 1 aliphatic rings. The van der Waals surface area contributed by atoms with Gasteiger partial charge in [-0.25, -0.2) is 0 Å². The smallest absolute Gasteiger partial charge is 0.0925 e. The first-order valence-electron chi connectivity index (χ1n) is 3.80. The van der Waals surface area contributed by atoms with Crippen LogP contribution in [-0.4, -0.2) is 29.0 Å². The first kappa shape index (κ1) is 8.22. The van der Waals surface area contributed by atoms with Crippen molar-refractivity contribution in [1.82, 2.24) is 9.78 Å². The molecule has 1 fully saturated rings. The highest BCUT2D eigenvalue weighted by Crippen LogP contribution is 2.18. The lowest BCUT2D eigenvalue weighted by Gasteiger charge is -2.12. The van der Waals surface area contributed by atoms with E-state index in [1.807, 2.05) is 10.9 Å². The van der Waals surface area contributed by atoms with Gasteiger partial charge in [0.15, 0.2) is 0 Å². The average molecular weight is 232 g/mol. The van der Waals surface area contributed by atoms with Crippen molar-refractivity contribution in [3.8, 4) is 0 Å². The van der Waals surface area contributed by atoms with Gasteiger partial charge in [-0.15, -0.1) is 0 Å². The topological polar surface area (TPSA) is 53.1 Å². The summed E-state index contributed by atoms with van der Waals surface area (Å²) in [7, 11) is 0. The van der Waals surface area contributed by atoms with Gasteiger partial charge in [-0.3, -0.25) is 4.68 Å². The number of hydrogen-bond donors (Lipinski definition) is 1. The highest BCUT2D eigenvalue weighted by molar-refractivity contribution is 9.10. The summed E-state index contributed by atoms with van der Waals surface area (Å²) in [6.45, 7) is 1.29. The molecule has 66 valence electrons. The second kappa shape index (κ2) is 3.16. The van der Waals surface area contributed by atoms with Crippen LogP contribution >= 0.6 is 15.9 Å². The lowest BCUT2D eigenvalue weighted by atomic mass is 10.2. The molecular formula is C7H10BrN3O. The third kappa shape index (κ3) is 1.39. The molecule has 1 saturated heterocycles. The minimum Gasteiger partial charge on any atom is -0.377 e. The quantitative estimate of drug-likeness (QED) is 0.768. The van der Waals surface area contributed by atoms with Gasteiger partial charge < -0.3 is 10.5 Å². The summed E-state index contributed by atoms with van der Waals surface area (Å²) < 4.78 is 8.05. The second-order valence-corrected chi connectivity index (χ2v) is 3.82. The third-order valence-corrected chi connectivity index (χ3v) is 2.41. The first-order chi connectivity index (χ1) is 5.77. The van der Waals surface area contributed by atoms with Crippen LogP contribution in [0, 0.1) is 0 Å². The molecule has 2 heterocycles. The number of halogens is 1. The highest BCUT2D eigenvalue weighted by Gasteiger charge is 2.26. The van der Waals surface area contributed by atoms with Gasteiger partial charge in [-0.05, 0) is 15.9 Å². The number of rotatable bonds is 1. The van der Waals surface area contributed by atoms with Gasteiger partial charge in [0.1, 0.15) is 0 Å². The van der Waals surface area contributed by atoms with E-state index in [4.69, 9.17) is 10.5 Å². The van der Waals surface area contributed by atoms with Crippen molar-refractivity contribution in [3.63, 3.8) is 0 Å². The fourth-order valence-corrected chi connectivity index (χ4v) is 1.63. The molecule has 0 saturated carbocycles. The zero-order valence-corrected chi connectivity index (χ0v) is 8.07. The number of hydrogen-bond acceptors (Lipinski definition) is 3. The van der Waals surface area contributed by atoms with Gasteiger partial charge in [0.05, 0.1) is 36.0 Å². The lowest BCUT2D eigenvalue weighted by Crippen LogP contribution is -2.30. The molecule has 2 atom stereocenters. The van der Waals surface area contributed by atoms with Crippen LogP contribution in [0.4, 0.5) is 0 Å². The van der Waals surface area contributed by atoms with E-state index in [2.05, 4.69) is 21.0 Å². The summed E-state index contributed by atoms with van der Waals surface area (Å²) in [5.74, 6) is 0. The molecule has 4 nitrogen and oxygen atoms in total. The second-order valence-electron chi connectivity index (χ2n) is 2.91. The maximum Gasteiger partial charge on any atom is 0.0925 e. The molecule has 0 aliphatic carbocycles. The predicted octanol–water partition coefficient (Wildman–Crippen LogP) is 0.544. The molecule has 0 amide bonds. The first-order valence-corrected chi connectivity index (χ1v) is 4.59. The van der Waals surface area contributed by atoms with Gasteiger partial charge in [0, 0.05) is 6.20 Å². The van der Waals surface area contributed by atoms with E-state index in [9.17, 15) is 0 Å². The zero-order valence-electron chi connectivity index (χ0n) is 6.48. The Balaban J connectivity index is 2.19. The third-order valence-electron chi connectivity index (χ3n) is 2.00. The van der Waals surface area contributed by atoms with Crippen LogP contribution in [0.1, 0.15) is 6.04 Å². The maximum absolute atomic E-state index is 5.82. The number of nitrogens with two attached hydrogens (primary N) is 1. The maximum atomic E-state index is 5.82. The van der Waals surface area contributed by atoms with Crippen molar-refractivity contribution in [1.29, 1.82) is 0 Å². The van der Waals surface area contributed by atoms with Crippen LogP contribution in [0.2, 0.25) is 0 Å². The highest BCUT2D eigenvalue weighted by atomic mass is 79.9. The molecule has 12 heavy (non-hydrogen) atoms. The van der Waals surface area contributed by atoms with E-state index < -0.39 is 0 Å². The van der Waals surface area contributed by atoms with Gasteiger partial charge >= 0.3 is 0 Å². The summed E-state index contributed by atoms with van der Waals surface area (Å²) in [4.78, 5) is 0. The van der Waals surface area contributed by atoms with E-state index in [0.717, 1.165) is 4.47 Å². The van der Waals surface area contributed by atoms with Crippen LogP contribution in [0.3, 0.4) is 0 Å². The Morgan fingerprint density at radius 3 is 3.00 bits per heavy atom. The van der Waals surface area contributed by atoms with Crippen molar-refractivity contribution in [2.75, 3.05) is 13.2 Å². The summed E-state index contributed by atoms with van der Waals surface area (Å²) in [6, 6.07) is 0.257. The number of nitrogens with zero attached hydrogens (tertiary/aromatic N) is 2. The van der Waals surface area contributed by atoms with Crippen LogP contribution in [0.15, 0.2) is 16.9 Å². The van der Waals surface area contributed by atoms with E-state index in [-0.39, 0.29) is 12.1 Å². The van der Waals surface area contributed by atoms with E-state index in [1.54, 1.807) is 6.20 Å². The molecule has 0 radical (unpaired) electrons. The Morgan fingerprint density at radius 2 is 2.50 bits per heavy atom. The molecule has 2 N–H and O–H groups in total. The Labute approximate surface area is 78.8 Å². The Hall–Kier alpha value is -0.390. The van der Waals surface area contributed by atoms with Crippen LogP contribution in [-0.2, 0) is 4.74 Å². The summed E-state index contributed by atoms with van der Waals surface area (Å²) in [6.07, 6.45) is 3.67. The van der Waals surface area contributed by atoms with Crippen LogP contribution < -0.4 is 5.73 Å². The molecule has 1 aliphatic heterocycles. The molecule has 1 aromatic heterocycles. The lowest BCUT2D eigenvalue weighted by molar-refractivity contribution is 0.183. The van der Waals surface area contributed by atoms with Crippen molar-refractivity contribution in [2.45, 2.75) is 12.1 Å². The standard InChI is InChI=1S/C7H10BrN3O/c8-5-1-10-11(2-5)7-4-12-3-6(7)9/h1-2,6-7H,3-4,9H2. The van der Waals surface area contributed by atoms with Crippen molar-refractivity contribution in [2.24, 2.45) is 5.73 Å². The minimum absolute atomic E-state index is 0.0665. The SMILES string of the molecule is NC1COCC1n1cc(Br)cn1. The molecule has 0 spiro atoms. The summed E-state index contributed by atoms with van der Waals surface area (Å²) >= 11 is 3.33. The van der Waals surface area contributed by atoms with Crippen molar-refractivity contribution < 1.29 is 4.74 Å². The molecule has 2 unspecified atom stereocenters. The van der Waals surface area contributed by atoms with Gasteiger partial charge in [0.2, 0.25) is 0 Å². The molecule has 2 rings (SSSR count). The zero-order chi connectivity index (χ0) is 8.55. The Bertz CT molecular complexity index is 275. The van der Waals surface area contributed by atoms with E-state index >= 15 is 0 Å². The summed E-state index contributed by atoms with van der Waals surface area (Å²) in [5.41, 5.74) is 5.82. The Morgan fingerprint density at radius 1 is 1.67 bits per heavy atom. The monoisotopic (exact) mass is 231 g/mol. The molecule has 0 aromatic carbocycles. The normalized spacial score (nSPS) is 29.5. The molecule has 1 aromatic rings. The molecule has 0 bridgehead atoms. The van der Waals surface area contributed by atoms with Crippen molar-refractivity contribution >= 4 is 15.9 Å². The van der Waals surface area contributed by atoms with Gasteiger partial charge in [-0.2, -0.15) is 5.10 Å². The number of ether oxygens (including phenoxy) is 1. The van der Waals surface area contributed by atoms with Gasteiger partial charge in [-0.1, -0.05) is 0 Å². The Kier molecular flexibility index (Phi) is 2.16. The summed E-state index contributed by atoms with van der Waals surface area (Å²) in [5, 5.41) is 4.16. The average Bonchev–Trinajstić information content (AvgIpc) is 2.58. The number of aromatic nitrogens is 2. The van der Waals surface area contributed by atoms with Gasteiger partial charge in [0.25, 0.3) is 0 Å². The van der Waals surface area contributed by atoms with E-state index in [0.29, 0.717) is 13.2 Å². The molecule has 5 heteroatoms. The van der Waals surface area contributed by atoms with Crippen molar-refractivity contribution in [3.05, 3.63) is 16.9 Å². The van der Waals surface area contributed by atoms with Crippen LogP contribution in [0.25, 0.3) is 0 Å². The van der Waals surface area contributed by atoms with Crippen LogP contribution in [0.5, 0.6) is 0 Å².